The zero-order chi connectivity index (χ0) is 17.2. The van der Waals surface area contributed by atoms with Crippen LogP contribution in [0.25, 0.3) is 0 Å². The number of thioether (sulfide) groups is 1. The van der Waals surface area contributed by atoms with Crippen LogP contribution in [0.5, 0.6) is 5.75 Å². The minimum atomic E-state index is 0. The van der Waals surface area contributed by atoms with Gasteiger partial charge in [-0.2, -0.15) is 11.8 Å². The fraction of sp³-hybridized carbons (Fsp3) is 0.611. The molecule has 8 heteroatoms. The van der Waals surface area contributed by atoms with Crippen molar-refractivity contribution in [3.8, 4) is 5.75 Å². The van der Waals surface area contributed by atoms with E-state index >= 15 is 0 Å². The van der Waals surface area contributed by atoms with Gasteiger partial charge in [-0.25, -0.2) is 0 Å². The largest absolute Gasteiger partial charge is 0.490 e. The number of carbonyl (C=O) groups excluding carboxylic acids is 1. The molecular formula is C18H31Cl2N3O2S. The Kier molecular flexibility index (Phi) is 14.0. The first-order valence-corrected chi connectivity index (χ1v) is 9.93. The van der Waals surface area contributed by atoms with Crippen LogP contribution < -0.4 is 15.4 Å². The molecule has 0 spiro atoms. The molecule has 1 fully saturated rings. The molecule has 1 unspecified atom stereocenters. The van der Waals surface area contributed by atoms with Gasteiger partial charge in [-0.05, 0) is 25.2 Å². The van der Waals surface area contributed by atoms with E-state index in [1.807, 2.05) is 36.0 Å². The molecule has 0 saturated carbocycles. The van der Waals surface area contributed by atoms with Gasteiger partial charge >= 0.3 is 0 Å². The number of carbonyl (C=O) groups is 1. The Morgan fingerprint density at radius 1 is 1.31 bits per heavy atom. The smallest absolute Gasteiger partial charge is 0.226 e. The number of halogens is 2. The van der Waals surface area contributed by atoms with E-state index in [1.165, 1.54) is 0 Å². The van der Waals surface area contributed by atoms with E-state index in [4.69, 9.17) is 4.74 Å². The zero-order valence-corrected chi connectivity index (χ0v) is 18.0. The highest BCUT2D eigenvalue weighted by Gasteiger charge is 2.17. The molecule has 1 aromatic rings. The van der Waals surface area contributed by atoms with Gasteiger partial charge in [0.1, 0.15) is 12.4 Å². The number of hydrogen-bond donors (Lipinski definition) is 2. The predicted molar refractivity (Wildman–Crippen MR) is 117 cm³/mol. The Balaban J connectivity index is 0.00000312. The lowest BCUT2D eigenvalue weighted by atomic mass is 10.2. The van der Waals surface area contributed by atoms with Crippen LogP contribution in [0.3, 0.4) is 0 Å². The van der Waals surface area contributed by atoms with E-state index in [9.17, 15) is 4.79 Å². The molecule has 0 bridgehead atoms. The molecule has 0 radical (unpaired) electrons. The number of anilines is 1. The highest BCUT2D eigenvalue weighted by Crippen LogP contribution is 2.24. The molecule has 150 valence electrons. The number of hydrogen-bond acceptors (Lipinski definition) is 5. The lowest BCUT2D eigenvalue weighted by molar-refractivity contribution is -0.116. The van der Waals surface area contributed by atoms with E-state index in [2.05, 4.69) is 29.4 Å². The van der Waals surface area contributed by atoms with Gasteiger partial charge in [0.05, 0.1) is 5.69 Å². The van der Waals surface area contributed by atoms with Crippen molar-refractivity contribution in [2.45, 2.75) is 26.3 Å². The van der Waals surface area contributed by atoms with Crippen molar-refractivity contribution in [3.63, 3.8) is 0 Å². The molecule has 2 N–H and O–H groups in total. The Bertz CT molecular complexity index is 513. The van der Waals surface area contributed by atoms with Crippen LogP contribution in [0.2, 0.25) is 0 Å². The third kappa shape index (κ3) is 8.82. The van der Waals surface area contributed by atoms with Gasteiger partial charge in [-0.15, -0.1) is 24.8 Å². The number of para-hydroxylation sites is 2. The topological polar surface area (TPSA) is 53.6 Å². The first kappa shape index (κ1) is 25.3. The van der Waals surface area contributed by atoms with Crippen molar-refractivity contribution in [2.75, 3.05) is 49.6 Å². The Labute approximate surface area is 173 Å². The normalized spacial score (nSPS) is 16.3. The van der Waals surface area contributed by atoms with Crippen LogP contribution in [0.1, 0.15) is 20.3 Å². The minimum absolute atomic E-state index is 0. The maximum Gasteiger partial charge on any atom is 0.226 e. The molecule has 1 heterocycles. The van der Waals surface area contributed by atoms with Crippen molar-refractivity contribution in [1.29, 1.82) is 0 Å². The summed E-state index contributed by atoms with van der Waals surface area (Å²) >= 11 is 1.90. The van der Waals surface area contributed by atoms with Crippen molar-refractivity contribution in [2.24, 2.45) is 0 Å². The number of amides is 1. The number of nitrogens with zero attached hydrogens (tertiary/aromatic N) is 1. The number of rotatable bonds is 9. The van der Waals surface area contributed by atoms with Gasteiger partial charge in [-0.1, -0.05) is 26.0 Å². The summed E-state index contributed by atoms with van der Waals surface area (Å²) in [5.74, 6) is 2.90. The lowest BCUT2D eigenvalue weighted by Crippen LogP contribution is -2.39. The number of nitrogens with one attached hydrogen (secondary N) is 2. The van der Waals surface area contributed by atoms with E-state index in [0.29, 0.717) is 13.0 Å². The molecule has 26 heavy (non-hydrogen) atoms. The standard InChI is InChI=1S/C18H29N3O2S.2ClH/c1-3-21(4-2)10-11-23-17-8-6-5-7-16(17)20-18(22)13-15-14-24-12-9-19-15;;/h5-8,15,19H,3-4,9-14H2,1-2H3,(H,20,22);2*1H. The van der Waals surface area contributed by atoms with Crippen molar-refractivity contribution in [3.05, 3.63) is 24.3 Å². The van der Waals surface area contributed by atoms with Crippen LogP contribution in [0.4, 0.5) is 5.69 Å². The second kappa shape index (κ2) is 14.4. The SMILES string of the molecule is CCN(CC)CCOc1ccccc1NC(=O)CC1CSCCN1.Cl.Cl. The Morgan fingerprint density at radius 2 is 2.04 bits per heavy atom. The zero-order valence-electron chi connectivity index (χ0n) is 15.5. The summed E-state index contributed by atoms with van der Waals surface area (Å²) in [6.45, 7) is 8.82. The molecule has 2 rings (SSSR count). The monoisotopic (exact) mass is 423 g/mol. The fourth-order valence-corrected chi connectivity index (χ4v) is 3.65. The highest BCUT2D eigenvalue weighted by atomic mass is 35.5. The Morgan fingerprint density at radius 3 is 2.69 bits per heavy atom. The second-order valence-electron chi connectivity index (χ2n) is 5.85. The van der Waals surface area contributed by atoms with Crippen LogP contribution in [-0.2, 0) is 4.79 Å². The van der Waals surface area contributed by atoms with Crippen molar-refractivity contribution < 1.29 is 9.53 Å². The average Bonchev–Trinajstić information content (AvgIpc) is 2.61. The van der Waals surface area contributed by atoms with Gasteiger partial charge in [-0.3, -0.25) is 4.79 Å². The van der Waals surface area contributed by atoms with Crippen LogP contribution in [0.15, 0.2) is 24.3 Å². The quantitative estimate of drug-likeness (QED) is 0.637. The molecule has 5 nitrogen and oxygen atoms in total. The average molecular weight is 424 g/mol. The maximum absolute atomic E-state index is 12.3. The summed E-state index contributed by atoms with van der Waals surface area (Å²) in [5, 5.41) is 6.39. The summed E-state index contributed by atoms with van der Waals surface area (Å²) < 4.78 is 5.89. The van der Waals surface area contributed by atoms with Crippen LogP contribution in [-0.4, -0.2) is 61.1 Å². The molecule has 1 amide bonds. The molecule has 1 atom stereocenters. The van der Waals surface area contributed by atoms with E-state index in [-0.39, 0.29) is 36.8 Å². The molecule has 0 aromatic heterocycles. The molecule has 1 aliphatic heterocycles. The summed E-state index contributed by atoms with van der Waals surface area (Å²) in [6, 6.07) is 7.92. The number of likely N-dealkylation sites (N-methyl/N-ethyl adjacent to an activating group) is 1. The molecular weight excluding hydrogens is 393 g/mol. The number of benzene rings is 1. The summed E-state index contributed by atoms with van der Waals surface area (Å²) in [5.41, 5.74) is 0.755. The second-order valence-corrected chi connectivity index (χ2v) is 7.00. The lowest BCUT2D eigenvalue weighted by Gasteiger charge is -2.23. The van der Waals surface area contributed by atoms with E-state index < -0.39 is 0 Å². The van der Waals surface area contributed by atoms with Crippen LogP contribution >= 0.6 is 36.6 Å². The minimum Gasteiger partial charge on any atom is -0.490 e. The van der Waals surface area contributed by atoms with Gasteiger partial charge in [0, 0.05) is 37.1 Å². The fourth-order valence-electron chi connectivity index (χ4n) is 2.70. The summed E-state index contributed by atoms with van der Waals surface area (Å²) in [6.07, 6.45) is 0.501. The first-order chi connectivity index (χ1) is 11.7. The maximum atomic E-state index is 12.3. The predicted octanol–water partition coefficient (Wildman–Crippen LogP) is 3.28. The number of ether oxygens (including phenoxy) is 1. The van der Waals surface area contributed by atoms with Gasteiger partial charge in [0.15, 0.2) is 0 Å². The summed E-state index contributed by atoms with van der Waals surface area (Å²) in [4.78, 5) is 14.6. The highest BCUT2D eigenvalue weighted by molar-refractivity contribution is 7.99. The van der Waals surface area contributed by atoms with Crippen molar-refractivity contribution >= 4 is 48.2 Å². The van der Waals surface area contributed by atoms with Gasteiger partial charge < -0.3 is 20.3 Å². The molecule has 1 aliphatic rings. The van der Waals surface area contributed by atoms with Gasteiger partial charge in [0.25, 0.3) is 0 Å². The van der Waals surface area contributed by atoms with Crippen LogP contribution in [0, 0.1) is 0 Å². The molecule has 1 aromatic carbocycles. The van der Waals surface area contributed by atoms with Gasteiger partial charge in [0.2, 0.25) is 5.91 Å². The summed E-state index contributed by atoms with van der Waals surface area (Å²) in [7, 11) is 0. The first-order valence-electron chi connectivity index (χ1n) is 8.78. The molecule has 1 saturated heterocycles. The van der Waals surface area contributed by atoms with E-state index in [1.54, 1.807) is 0 Å². The van der Waals surface area contributed by atoms with E-state index in [0.717, 1.165) is 49.1 Å². The molecule has 0 aliphatic carbocycles. The third-order valence-corrected chi connectivity index (χ3v) is 5.28. The van der Waals surface area contributed by atoms with Crippen molar-refractivity contribution in [1.82, 2.24) is 10.2 Å². The third-order valence-electron chi connectivity index (χ3n) is 4.15. The Hall–Kier alpha value is -0.660.